The monoisotopic (exact) mass is 378 g/mol. The molecule has 0 saturated carbocycles. The van der Waals surface area contributed by atoms with Crippen LogP contribution in [0, 0.1) is 12.7 Å². The van der Waals surface area contributed by atoms with Gasteiger partial charge in [0.15, 0.2) is 0 Å². The van der Waals surface area contributed by atoms with Crippen LogP contribution in [0.1, 0.15) is 12.0 Å². The zero-order valence-corrected chi connectivity index (χ0v) is 15.2. The lowest BCUT2D eigenvalue weighted by molar-refractivity contribution is -0.118. The van der Waals surface area contributed by atoms with Crippen LogP contribution in [0.3, 0.4) is 0 Å². The van der Waals surface area contributed by atoms with Gasteiger partial charge in [-0.15, -0.1) is 0 Å². The number of sulfonamides is 1. The first-order chi connectivity index (χ1) is 12.3. The van der Waals surface area contributed by atoms with Gasteiger partial charge >= 0.3 is 0 Å². The molecule has 1 heterocycles. The van der Waals surface area contributed by atoms with Gasteiger partial charge in [-0.25, -0.2) is 12.8 Å². The maximum Gasteiger partial charge on any atom is 0.245 e. The second-order valence-electron chi connectivity index (χ2n) is 6.06. The van der Waals surface area contributed by atoms with Gasteiger partial charge in [0, 0.05) is 12.2 Å². The lowest BCUT2D eigenvalue weighted by Crippen LogP contribution is -2.41. The Morgan fingerprint density at radius 3 is 2.54 bits per heavy atom. The molecule has 8 heteroatoms. The number of carbonyl (C=O) groups excluding carboxylic acids is 1. The van der Waals surface area contributed by atoms with E-state index in [1.54, 1.807) is 38.3 Å². The van der Waals surface area contributed by atoms with Crippen LogP contribution in [0.2, 0.25) is 0 Å². The molecule has 6 nitrogen and oxygen atoms in total. The first kappa shape index (κ1) is 18.3. The number of amides is 1. The third kappa shape index (κ3) is 3.56. The highest BCUT2D eigenvalue weighted by atomic mass is 32.2. The van der Waals surface area contributed by atoms with E-state index in [0.717, 1.165) is 6.07 Å². The van der Waals surface area contributed by atoms with Crippen molar-refractivity contribution in [2.45, 2.75) is 24.3 Å². The Hall–Kier alpha value is -2.45. The van der Waals surface area contributed by atoms with Gasteiger partial charge in [-0.1, -0.05) is 6.07 Å². The molecule has 1 fully saturated rings. The van der Waals surface area contributed by atoms with Crippen molar-refractivity contribution < 1.29 is 22.3 Å². The van der Waals surface area contributed by atoms with Crippen LogP contribution in [0.15, 0.2) is 47.4 Å². The smallest absolute Gasteiger partial charge is 0.245 e. The van der Waals surface area contributed by atoms with E-state index in [0.29, 0.717) is 30.0 Å². The van der Waals surface area contributed by atoms with E-state index in [4.69, 9.17) is 4.74 Å². The molecule has 2 aromatic carbocycles. The fourth-order valence-electron chi connectivity index (χ4n) is 2.92. The van der Waals surface area contributed by atoms with Crippen molar-refractivity contribution in [1.82, 2.24) is 4.72 Å². The maximum atomic E-state index is 13.4. The number of rotatable bonds is 5. The number of methoxy groups -OCH3 is 1. The summed E-state index contributed by atoms with van der Waals surface area (Å²) in [7, 11) is -2.45. The Balaban J connectivity index is 1.78. The SMILES string of the molecule is COc1ccc(N2CCC(NS(=O)(=O)c3cc(F)ccc3C)C2=O)cc1. The summed E-state index contributed by atoms with van der Waals surface area (Å²) in [5.74, 6) is -0.319. The molecule has 1 aliphatic heterocycles. The van der Waals surface area contributed by atoms with Crippen LogP contribution in [0.4, 0.5) is 10.1 Å². The lowest BCUT2D eigenvalue weighted by atomic mass is 10.2. The van der Waals surface area contributed by atoms with E-state index >= 15 is 0 Å². The van der Waals surface area contributed by atoms with Crippen LogP contribution < -0.4 is 14.4 Å². The van der Waals surface area contributed by atoms with E-state index in [2.05, 4.69) is 4.72 Å². The Labute approximate surface area is 151 Å². The Morgan fingerprint density at radius 2 is 1.88 bits per heavy atom. The minimum Gasteiger partial charge on any atom is -0.497 e. The molecule has 3 rings (SSSR count). The van der Waals surface area contributed by atoms with Crippen molar-refractivity contribution in [2.24, 2.45) is 0 Å². The Morgan fingerprint density at radius 1 is 1.19 bits per heavy atom. The summed E-state index contributed by atoms with van der Waals surface area (Å²) in [6, 6.07) is 9.61. The number of halogens is 1. The summed E-state index contributed by atoms with van der Waals surface area (Å²) in [5, 5.41) is 0. The number of anilines is 1. The molecule has 1 unspecified atom stereocenters. The number of benzene rings is 2. The zero-order chi connectivity index (χ0) is 18.9. The van der Waals surface area contributed by atoms with E-state index in [9.17, 15) is 17.6 Å². The average Bonchev–Trinajstić information content (AvgIpc) is 2.97. The highest BCUT2D eigenvalue weighted by Crippen LogP contribution is 2.25. The topological polar surface area (TPSA) is 75.7 Å². The van der Waals surface area contributed by atoms with Crippen LogP contribution >= 0.6 is 0 Å². The lowest BCUT2D eigenvalue weighted by Gasteiger charge is -2.18. The fourth-order valence-corrected chi connectivity index (χ4v) is 4.40. The van der Waals surface area contributed by atoms with E-state index in [1.165, 1.54) is 17.0 Å². The predicted octanol–water partition coefficient (Wildman–Crippen LogP) is 2.23. The average molecular weight is 378 g/mol. The van der Waals surface area contributed by atoms with Gasteiger partial charge in [0.05, 0.1) is 12.0 Å². The first-order valence-corrected chi connectivity index (χ1v) is 9.54. The van der Waals surface area contributed by atoms with Crippen molar-refractivity contribution in [2.75, 3.05) is 18.6 Å². The molecule has 1 N–H and O–H groups in total. The maximum absolute atomic E-state index is 13.4. The molecule has 0 radical (unpaired) electrons. The molecule has 1 atom stereocenters. The van der Waals surface area contributed by atoms with Crippen molar-refractivity contribution in [3.8, 4) is 5.75 Å². The van der Waals surface area contributed by atoms with Crippen LogP contribution in [0.5, 0.6) is 5.75 Å². The molecule has 1 amide bonds. The highest BCUT2D eigenvalue weighted by molar-refractivity contribution is 7.89. The normalized spacial score (nSPS) is 17.6. The van der Waals surface area contributed by atoms with Crippen molar-refractivity contribution in [3.05, 3.63) is 53.8 Å². The molecule has 0 aliphatic carbocycles. The van der Waals surface area contributed by atoms with Crippen LogP contribution in [-0.2, 0) is 14.8 Å². The molecule has 138 valence electrons. The summed E-state index contributed by atoms with van der Waals surface area (Å²) in [5.41, 5.74) is 1.08. The van der Waals surface area contributed by atoms with Gasteiger partial charge in [0.25, 0.3) is 0 Å². The van der Waals surface area contributed by atoms with Crippen molar-refractivity contribution in [1.29, 1.82) is 0 Å². The molecular formula is C18H19FN2O4S. The molecule has 0 spiro atoms. The van der Waals surface area contributed by atoms with Gasteiger partial charge in [0.2, 0.25) is 15.9 Å². The molecule has 26 heavy (non-hydrogen) atoms. The number of nitrogens with one attached hydrogen (secondary N) is 1. The van der Waals surface area contributed by atoms with E-state index in [1.807, 2.05) is 0 Å². The number of aryl methyl sites for hydroxylation is 1. The summed E-state index contributed by atoms with van der Waals surface area (Å²) >= 11 is 0. The largest absolute Gasteiger partial charge is 0.497 e. The van der Waals surface area contributed by atoms with Crippen molar-refractivity contribution in [3.63, 3.8) is 0 Å². The van der Waals surface area contributed by atoms with E-state index < -0.39 is 21.9 Å². The van der Waals surface area contributed by atoms with Gasteiger partial charge in [-0.2, -0.15) is 4.72 Å². The highest BCUT2D eigenvalue weighted by Gasteiger charge is 2.36. The summed E-state index contributed by atoms with van der Waals surface area (Å²) < 4.78 is 46.1. The summed E-state index contributed by atoms with van der Waals surface area (Å²) in [6.45, 7) is 1.97. The minimum absolute atomic E-state index is 0.159. The molecule has 2 aromatic rings. The number of ether oxygens (including phenoxy) is 1. The second kappa shape index (κ2) is 7.05. The third-order valence-electron chi connectivity index (χ3n) is 4.33. The summed E-state index contributed by atoms with van der Waals surface area (Å²) in [6.07, 6.45) is 0.332. The Kier molecular flexibility index (Phi) is 4.97. The second-order valence-corrected chi connectivity index (χ2v) is 7.74. The predicted molar refractivity (Wildman–Crippen MR) is 95.2 cm³/mol. The molecule has 0 bridgehead atoms. The molecular weight excluding hydrogens is 359 g/mol. The summed E-state index contributed by atoms with van der Waals surface area (Å²) in [4.78, 5) is 14.0. The van der Waals surface area contributed by atoms with Gasteiger partial charge in [-0.3, -0.25) is 4.79 Å². The van der Waals surface area contributed by atoms with Crippen LogP contribution in [0.25, 0.3) is 0 Å². The number of hydrogen-bond donors (Lipinski definition) is 1. The molecule has 0 aromatic heterocycles. The number of nitrogens with zero attached hydrogens (tertiary/aromatic N) is 1. The quantitative estimate of drug-likeness (QED) is 0.866. The number of hydrogen-bond acceptors (Lipinski definition) is 4. The minimum atomic E-state index is -4.00. The molecule has 1 aliphatic rings. The standard InChI is InChI=1S/C18H19FN2O4S/c1-12-3-4-13(19)11-17(12)26(23,24)20-16-9-10-21(18(16)22)14-5-7-15(25-2)8-6-14/h3-8,11,16,20H,9-10H2,1-2H3. The van der Waals surface area contributed by atoms with Gasteiger partial charge in [-0.05, 0) is 55.3 Å². The number of carbonyl (C=O) groups is 1. The fraction of sp³-hybridized carbons (Fsp3) is 0.278. The Bertz CT molecular complexity index is 929. The molecule has 1 saturated heterocycles. The van der Waals surface area contributed by atoms with Crippen molar-refractivity contribution >= 4 is 21.6 Å². The third-order valence-corrected chi connectivity index (χ3v) is 5.94. The first-order valence-electron chi connectivity index (χ1n) is 8.06. The van der Waals surface area contributed by atoms with Gasteiger partial charge < -0.3 is 9.64 Å². The van der Waals surface area contributed by atoms with Gasteiger partial charge in [0.1, 0.15) is 17.6 Å². The van der Waals surface area contributed by atoms with E-state index in [-0.39, 0.29) is 10.8 Å². The zero-order valence-electron chi connectivity index (χ0n) is 14.4. The van der Waals surface area contributed by atoms with Crippen LogP contribution in [-0.4, -0.2) is 34.0 Å².